The van der Waals surface area contributed by atoms with Crippen molar-refractivity contribution < 1.29 is 14.3 Å². The van der Waals surface area contributed by atoms with E-state index >= 15 is 0 Å². The number of nitrogens with zero attached hydrogens (tertiary/aromatic N) is 1. The predicted molar refractivity (Wildman–Crippen MR) is 110 cm³/mol. The molecule has 0 bridgehead atoms. The Labute approximate surface area is 163 Å². The maximum atomic E-state index is 12.5. The smallest absolute Gasteiger partial charge is 0.338 e. The van der Waals surface area contributed by atoms with Gasteiger partial charge >= 0.3 is 6.03 Å². The molecule has 0 radical (unpaired) electrons. The Kier molecular flexibility index (Phi) is 5.66. The third-order valence-electron chi connectivity index (χ3n) is 3.89. The van der Waals surface area contributed by atoms with E-state index in [9.17, 15) is 9.59 Å². The van der Waals surface area contributed by atoms with Gasteiger partial charge in [0, 0.05) is 10.9 Å². The van der Waals surface area contributed by atoms with Crippen LogP contribution in [-0.2, 0) is 0 Å². The molecule has 3 rings (SSSR count). The van der Waals surface area contributed by atoms with Gasteiger partial charge in [0.25, 0.3) is 5.91 Å². The molecule has 1 N–H and O–H groups in total. The van der Waals surface area contributed by atoms with Crippen LogP contribution in [0.2, 0.25) is 0 Å². The van der Waals surface area contributed by atoms with Crippen LogP contribution in [0.15, 0.2) is 66.7 Å². The van der Waals surface area contributed by atoms with E-state index in [-0.39, 0.29) is 6.10 Å². The van der Waals surface area contributed by atoms with Crippen molar-refractivity contribution in [3.63, 3.8) is 0 Å². The number of rotatable bonds is 4. The molecule has 0 spiro atoms. The van der Waals surface area contributed by atoms with Gasteiger partial charge in [0.05, 0.1) is 11.8 Å². The molecule has 0 saturated carbocycles. The Bertz CT molecular complexity index is 965. The third kappa shape index (κ3) is 4.41. The van der Waals surface area contributed by atoms with Crippen molar-refractivity contribution in [1.82, 2.24) is 4.31 Å². The predicted octanol–water partition coefficient (Wildman–Crippen LogP) is 5.15. The first kappa shape index (κ1) is 18.8. The zero-order chi connectivity index (χ0) is 19.4. The minimum atomic E-state index is -0.623. The van der Waals surface area contributed by atoms with Crippen molar-refractivity contribution >= 4 is 41.2 Å². The number of imide groups is 1. The standard InChI is InChI=1S/C21H20N2O3S/c1-14(2)26-17-12-10-16(11-13-17)20(24)23(27)21(25)22-19-9-5-7-15-6-3-4-8-18(15)19/h3-14,27H,1-2H3,(H,22,25). The molecule has 6 heteroatoms. The van der Waals surface area contributed by atoms with Gasteiger partial charge in [-0.15, -0.1) is 0 Å². The first-order valence-electron chi connectivity index (χ1n) is 8.54. The summed E-state index contributed by atoms with van der Waals surface area (Å²) in [6.45, 7) is 3.85. The molecule has 3 amide bonds. The Morgan fingerprint density at radius 2 is 1.63 bits per heavy atom. The largest absolute Gasteiger partial charge is 0.491 e. The second kappa shape index (κ2) is 8.14. The molecule has 3 aromatic rings. The molecule has 0 aliphatic carbocycles. The normalized spacial score (nSPS) is 10.7. The van der Waals surface area contributed by atoms with Crippen LogP contribution in [0.25, 0.3) is 10.8 Å². The number of carbonyl (C=O) groups is 2. The van der Waals surface area contributed by atoms with Gasteiger partial charge in [-0.3, -0.25) is 4.79 Å². The topological polar surface area (TPSA) is 58.6 Å². The highest BCUT2D eigenvalue weighted by Gasteiger charge is 2.20. The highest BCUT2D eigenvalue weighted by Crippen LogP contribution is 2.24. The number of hydrogen-bond acceptors (Lipinski definition) is 4. The molecule has 0 atom stereocenters. The van der Waals surface area contributed by atoms with Crippen molar-refractivity contribution in [2.75, 3.05) is 5.32 Å². The average Bonchev–Trinajstić information content (AvgIpc) is 2.67. The van der Waals surface area contributed by atoms with Crippen LogP contribution >= 0.6 is 12.8 Å². The van der Waals surface area contributed by atoms with Gasteiger partial charge in [-0.05, 0) is 49.6 Å². The summed E-state index contributed by atoms with van der Waals surface area (Å²) in [5.74, 6) is 0.139. The van der Waals surface area contributed by atoms with E-state index in [1.807, 2.05) is 50.2 Å². The van der Waals surface area contributed by atoms with Crippen LogP contribution in [0.1, 0.15) is 24.2 Å². The van der Waals surface area contributed by atoms with Crippen LogP contribution < -0.4 is 10.1 Å². The fraction of sp³-hybridized carbons (Fsp3) is 0.143. The van der Waals surface area contributed by atoms with E-state index in [4.69, 9.17) is 4.74 Å². The first-order valence-corrected chi connectivity index (χ1v) is 8.94. The molecule has 0 aliphatic rings. The number of anilines is 1. The number of ether oxygens (including phenoxy) is 1. The third-order valence-corrected chi connectivity index (χ3v) is 4.25. The molecule has 3 aromatic carbocycles. The van der Waals surface area contributed by atoms with E-state index in [0.29, 0.717) is 17.0 Å². The molecule has 0 saturated heterocycles. The Hall–Kier alpha value is -2.99. The van der Waals surface area contributed by atoms with Crippen molar-refractivity contribution in [1.29, 1.82) is 0 Å². The Morgan fingerprint density at radius 1 is 0.963 bits per heavy atom. The quantitative estimate of drug-likeness (QED) is 0.616. The fourth-order valence-electron chi connectivity index (χ4n) is 2.67. The summed E-state index contributed by atoms with van der Waals surface area (Å²) in [4.78, 5) is 25.0. The summed E-state index contributed by atoms with van der Waals surface area (Å²) in [5.41, 5.74) is 0.958. The van der Waals surface area contributed by atoms with Crippen molar-refractivity contribution in [2.24, 2.45) is 0 Å². The van der Waals surface area contributed by atoms with Crippen LogP contribution in [0.5, 0.6) is 5.75 Å². The number of fused-ring (bicyclic) bond motifs is 1. The van der Waals surface area contributed by atoms with Crippen LogP contribution in [-0.4, -0.2) is 22.3 Å². The number of amides is 3. The van der Waals surface area contributed by atoms with Gasteiger partial charge < -0.3 is 10.1 Å². The van der Waals surface area contributed by atoms with Gasteiger partial charge in [-0.1, -0.05) is 49.2 Å². The molecular formula is C21H20N2O3S. The van der Waals surface area contributed by atoms with E-state index in [0.717, 1.165) is 15.1 Å². The van der Waals surface area contributed by atoms with E-state index < -0.39 is 11.9 Å². The number of urea groups is 1. The fourth-order valence-corrected chi connectivity index (χ4v) is 2.83. The molecule has 27 heavy (non-hydrogen) atoms. The summed E-state index contributed by atoms with van der Waals surface area (Å²) in [5, 5.41) is 4.62. The first-order chi connectivity index (χ1) is 13.0. The zero-order valence-electron chi connectivity index (χ0n) is 15.0. The molecule has 0 unspecified atom stereocenters. The van der Waals surface area contributed by atoms with E-state index in [2.05, 4.69) is 18.1 Å². The molecule has 138 valence electrons. The number of nitrogens with one attached hydrogen (secondary N) is 1. The zero-order valence-corrected chi connectivity index (χ0v) is 15.9. The van der Waals surface area contributed by atoms with Crippen molar-refractivity contribution in [3.05, 3.63) is 72.3 Å². The lowest BCUT2D eigenvalue weighted by Gasteiger charge is -2.16. The summed E-state index contributed by atoms with van der Waals surface area (Å²) >= 11 is 4.08. The number of carbonyl (C=O) groups excluding carboxylic acids is 2. The van der Waals surface area contributed by atoms with Gasteiger partial charge in [-0.2, -0.15) is 0 Å². The lowest BCUT2D eigenvalue weighted by molar-refractivity contribution is 0.0901. The Morgan fingerprint density at radius 3 is 2.33 bits per heavy atom. The van der Waals surface area contributed by atoms with Crippen LogP contribution in [0.3, 0.4) is 0 Å². The second-order valence-electron chi connectivity index (χ2n) is 6.26. The minimum absolute atomic E-state index is 0.0411. The summed E-state index contributed by atoms with van der Waals surface area (Å²) in [6, 6.07) is 19.2. The van der Waals surface area contributed by atoms with Gasteiger partial charge in [0.15, 0.2) is 0 Å². The number of benzene rings is 3. The summed E-state index contributed by atoms with van der Waals surface area (Å²) < 4.78 is 6.32. The monoisotopic (exact) mass is 380 g/mol. The number of hydrogen-bond donors (Lipinski definition) is 2. The molecule has 0 aliphatic heterocycles. The minimum Gasteiger partial charge on any atom is -0.491 e. The second-order valence-corrected chi connectivity index (χ2v) is 6.66. The lowest BCUT2D eigenvalue weighted by Crippen LogP contribution is -2.32. The molecule has 0 aromatic heterocycles. The molecule has 0 fully saturated rings. The van der Waals surface area contributed by atoms with Crippen molar-refractivity contribution in [2.45, 2.75) is 20.0 Å². The lowest BCUT2D eigenvalue weighted by atomic mass is 10.1. The van der Waals surface area contributed by atoms with Crippen molar-refractivity contribution in [3.8, 4) is 5.75 Å². The van der Waals surface area contributed by atoms with Crippen LogP contribution in [0, 0.1) is 0 Å². The molecular weight excluding hydrogens is 360 g/mol. The van der Waals surface area contributed by atoms with E-state index in [1.165, 1.54) is 0 Å². The number of thiol groups is 1. The van der Waals surface area contributed by atoms with Gasteiger partial charge in [-0.25, -0.2) is 9.10 Å². The molecule has 0 heterocycles. The van der Waals surface area contributed by atoms with Gasteiger partial charge in [0.2, 0.25) is 0 Å². The summed E-state index contributed by atoms with van der Waals surface area (Å²) in [7, 11) is 0. The Balaban J connectivity index is 1.73. The highest BCUT2D eigenvalue weighted by atomic mass is 32.1. The van der Waals surface area contributed by atoms with Crippen LogP contribution in [0.4, 0.5) is 10.5 Å². The van der Waals surface area contributed by atoms with E-state index in [1.54, 1.807) is 30.3 Å². The maximum Gasteiger partial charge on any atom is 0.338 e. The maximum absolute atomic E-state index is 12.5. The highest BCUT2D eigenvalue weighted by molar-refractivity contribution is 7.79. The average molecular weight is 380 g/mol. The molecule has 5 nitrogen and oxygen atoms in total. The van der Waals surface area contributed by atoms with Gasteiger partial charge in [0.1, 0.15) is 5.75 Å². The SMILES string of the molecule is CC(C)Oc1ccc(C(=O)N(S)C(=O)Nc2cccc3ccccc23)cc1. The summed E-state index contributed by atoms with van der Waals surface area (Å²) in [6.07, 6.45) is 0.0411.